The fourth-order valence-corrected chi connectivity index (χ4v) is 4.23. The Morgan fingerprint density at radius 3 is 2.29 bits per heavy atom. The van der Waals surface area contributed by atoms with Crippen LogP contribution in [0.2, 0.25) is 0 Å². The van der Waals surface area contributed by atoms with E-state index in [0.717, 1.165) is 45.1 Å². The normalized spacial score (nSPS) is 28.0. The number of hydrogen-bond donors (Lipinski definition) is 0. The van der Waals surface area contributed by atoms with Crippen LogP contribution >= 0.6 is 0 Å². The van der Waals surface area contributed by atoms with Crippen LogP contribution in [0.4, 0.5) is 8.78 Å². The summed E-state index contributed by atoms with van der Waals surface area (Å²) in [6.45, 7) is 7.34. The molecule has 3 rings (SSSR count). The average molecular weight is 395 g/mol. The largest absolute Gasteiger partial charge is 0.490 e. The molecule has 0 bridgehead atoms. The monoisotopic (exact) mass is 394 g/mol. The van der Waals surface area contributed by atoms with Gasteiger partial charge >= 0.3 is 0 Å². The van der Waals surface area contributed by atoms with Gasteiger partial charge in [0.25, 0.3) is 0 Å². The maximum atomic E-state index is 14.2. The first-order valence-electron chi connectivity index (χ1n) is 10.6. The van der Waals surface area contributed by atoms with Gasteiger partial charge in [0.15, 0.2) is 11.5 Å². The molecule has 0 aromatic heterocycles. The van der Waals surface area contributed by atoms with Gasteiger partial charge in [0.05, 0.1) is 25.9 Å². The average Bonchev–Trinajstić information content (AvgIpc) is 2.74. The van der Waals surface area contributed by atoms with Crippen LogP contribution in [0, 0.1) is 29.4 Å². The predicted molar refractivity (Wildman–Crippen MR) is 106 cm³/mol. The van der Waals surface area contributed by atoms with E-state index in [4.69, 9.17) is 14.2 Å². The molecule has 1 saturated heterocycles. The standard InChI is InChI=1S/C23H32F2O3/c1-3-13-26-20-11-12-21(23(25)22(20)24)28-15-17-5-8-18(9-6-17)19-10-7-16(4-2)14-27-19/h4,11-12,16-19H,2-3,5-10,13-15H2,1H3. The van der Waals surface area contributed by atoms with E-state index in [0.29, 0.717) is 37.1 Å². The van der Waals surface area contributed by atoms with Crippen molar-refractivity contribution < 1.29 is 23.0 Å². The molecular formula is C23H32F2O3. The Morgan fingerprint density at radius 1 is 1.04 bits per heavy atom. The number of halogens is 2. The molecule has 1 aliphatic carbocycles. The van der Waals surface area contributed by atoms with Crippen molar-refractivity contribution in [3.05, 3.63) is 36.4 Å². The maximum absolute atomic E-state index is 14.2. The summed E-state index contributed by atoms with van der Waals surface area (Å²) in [5.41, 5.74) is 0. The summed E-state index contributed by atoms with van der Waals surface area (Å²) in [5, 5.41) is 0. The lowest BCUT2D eigenvalue weighted by atomic mass is 9.77. The molecule has 0 N–H and O–H groups in total. The molecule has 1 aromatic rings. The van der Waals surface area contributed by atoms with Gasteiger partial charge in [-0.25, -0.2) is 0 Å². The summed E-state index contributed by atoms with van der Waals surface area (Å²) in [4.78, 5) is 0. The van der Waals surface area contributed by atoms with E-state index < -0.39 is 11.6 Å². The minimum atomic E-state index is -0.970. The van der Waals surface area contributed by atoms with E-state index in [1.807, 2.05) is 13.0 Å². The van der Waals surface area contributed by atoms with Crippen LogP contribution in [-0.2, 0) is 4.74 Å². The topological polar surface area (TPSA) is 27.7 Å². The molecule has 2 fully saturated rings. The summed E-state index contributed by atoms with van der Waals surface area (Å²) < 4.78 is 45.1. The van der Waals surface area contributed by atoms with Crippen molar-refractivity contribution in [1.29, 1.82) is 0 Å². The highest BCUT2D eigenvalue weighted by atomic mass is 19.2. The van der Waals surface area contributed by atoms with Gasteiger partial charge in [0.1, 0.15) is 0 Å². The second kappa shape index (κ2) is 10.2. The Labute approximate surface area is 167 Å². The molecule has 2 atom stereocenters. The first kappa shape index (κ1) is 21.1. The van der Waals surface area contributed by atoms with Crippen molar-refractivity contribution in [2.75, 3.05) is 19.8 Å². The van der Waals surface area contributed by atoms with Gasteiger partial charge in [-0.05, 0) is 68.9 Å². The van der Waals surface area contributed by atoms with Crippen LogP contribution in [0.15, 0.2) is 24.8 Å². The van der Waals surface area contributed by atoms with Gasteiger partial charge in [-0.3, -0.25) is 0 Å². The van der Waals surface area contributed by atoms with Crippen LogP contribution < -0.4 is 9.47 Å². The van der Waals surface area contributed by atoms with Gasteiger partial charge in [-0.1, -0.05) is 13.0 Å². The third kappa shape index (κ3) is 5.25. The van der Waals surface area contributed by atoms with Crippen molar-refractivity contribution in [3.8, 4) is 11.5 Å². The molecule has 2 unspecified atom stereocenters. The van der Waals surface area contributed by atoms with E-state index in [-0.39, 0.29) is 11.5 Å². The molecule has 3 nitrogen and oxygen atoms in total. The number of benzene rings is 1. The Kier molecular flexibility index (Phi) is 7.72. The molecule has 1 aromatic carbocycles. The lowest BCUT2D eigenvalue weighted by Gasteiger charge is -2.37. The molecular weight excluding hydrogens is 362 g/mol. The smallest absolute Gasteiger partial charge is 0.204 e. The molecule has 1 aliphatic heterocycles. The minimum absolute atomic E-state index is 0.0328. The third-order valence-corrected chi connectivity index (χ3v) is 6.04. The lowest BCUT2D eigenvalue weighted by Crippen LogP contribution is -2.34. The fraction of sp³-hybridized carbons (Fsp3) is 0.652. The fourth-order valence-electron chi connectivity index (χ4n) is 4.23. The number of ether oxygens (including phenoxy) is 3. The SMILES string of the molecule is C=CC1CCC(C2CCC(COc3ccc(OCCC)c(F)c3F)CC2)OC1. The van der Waals surface area contributed by atoms with Crippen LogP contribution in [0.5, 0.6) is 11.5 Å². The van der Waals surface area contributed by atoms with E-state index in [1.54, 1.807) is 0 Å². The zero-order valence-corrected chi connectivity index (χ0v) is 16.8. The second-order valence-electron chi connectivity index (χ2n) is 8.07. The summed E-state index contributed by atoms with van der Waals surface area (Å²) in [6, 6.07) is 2.90. The van der Waals surface area contributed by atoms with Gasteiger partial charge in [-0.2, -0.15) is 8.78 Å². The molecule has 1 saturated carbocycles. The third-order valence-electron chi connectivity index (χ3n) is 6.04. The highest BCUT2D eigenvalue weighted by Crippen LogP contribution is 2.36. The summed E-state index contributed by atoms with van der Waals surface area (Å²) in [7, 11) is 0. The zero-order chi connectivity index (χ0) is 19.9. The first-order valence-corrected chi connectivity index (χ1v) is 10.6. The van der Waals surface area contributed by atoms with Gasteiger partial charge in [-0.15, -0.1) is 6.58 Å². The van der Waals surface area contributed by atoms with Crippen molar-refractivity contribution >= 4 is 0 Å². The van der Waals surface area contributed by atoms with Crippen molar-refractivity contribution in [2.45, 2.75) is 58.0 Å². The van der Waals surface area contributed by atoms with E-state index >= 15 is 0 Å². The summed E-state index contributed by atoms with van der Waals surface area (Å²) in [5.74, 6) is -0.551. The second-order valence-corrected chi connectivity index (χ2v) is 8.07. The van der Waals surface area contributed by atoms with Gasteiger partial charge in [0, 0.05) is 5.92 Å². The summed E-state index contributed by atoms with van der Waals surface area (Å²) >= 11 is 0. The van der Waals surface area contributed by atoms with Gasteiger partial charge in [0.2, 0.25) is 11.6 Å². The first-order chi connectivity index (χ1) is 13.6. The molecule has 0 radical (unpaired) electrons. The molecule has 2 aliphatic rings. The van der Waals surface area contributed by atoms with Crippen molar-refractivity contribution in [3.63, 3.8) is 0 Å². The Balaban J connectivity index is 1.44. The highest BCUT2D eigenvalue weighted by molar-refractivity contribution is 5.35. The van der Waals surface area contributed by atoms with E-state index in [2.05, 4.69) is 6.58 Å². The van der Waals surface area contributed by atoms with Crippen LogP contribution in [-0.4, -0.2) is 25.9 Å². The highest BCUT2D eigenvalue weighted by Gasteiger charge is 2.31. The Morgan fingerprint density at radius 2 is 1.71 bits per heavy atom. The van der Waals surface area contributed by atoms with E-state index in [9.17, 15) is 8.78 Å². The summed E-state index contributed by atoms with van der Waals surface area (Å²) in [6.07, 6.45) is 9.67. The molecule has 0 amide bonds. The van der Waals surface area contributed by atoms with Crippen LogP contribution in [0.3, 0.4) is 0 Å². The molecule has 1 heterocycles. The van der Waals surface area contributed by atoms with Crippen molar-refractivity contribution in [1.82, 2.24) is 0 Å². The minimum Gasteiger partial charge on any atom is -0.490 e. The molecule has 28 heavy (non-hydrogen) atoms. The number of rotatable bonds is 8. The Hall–Kier alpha value is -1.62. The molecule has 156 valence electrons. The van der Waals surface area contributed by atoms with Gasteiger partial charge < -0.3 is 14.2 Å². The van der Waals surface area contributed by atoms with Crippen LogP contribution in [0.1, 0.15) is 51.9 Å². The lowest BCUT2D eigenvalue weighted by molar-refractivity contribution is -0.0503. The zero-order valence-electron chi connectivity index (χ0n) is 16.8. The predicted octanol–water partition coefficient (Wildman–Crippen LogP) is 5.92. The van der Waals surface area contributed by atoms with Crippen LogP contribution in [0.25, 0.3) is 0 Å². The number of hydrogen-bond acceptors (Lipinski definition) is 3. The molecule has 0 spiro atoms. The Bertz CT molecular complexity index is 633. The maximum Gasteiger partial charge on any atom is 0.204 e. The quantitative estimate of drug-likeness (QED) is 0.512. The molecule has 5 heteroatoms. The van der Waals surface area contributed by atoms with E-state index in [1.165, 1.54) is 18.6 Å². The van der Waals surface area contributed by atoms with Crippen molar-refractivity contribution in [2.24, 2.45) is 17.8 Å².